The molecule has 12 heteroatoms. The molecule has 5 aromatic rings. The first-order chi connectivity index (χ1) is 20.3. The zero-order valence-electron chi connectivity index (χ0n) is 23.2. The normalized spacial score (nSPS) is 19.3. The summed E-state index contributed by atoms with van der Waals surface area (Å²) < 4.78 is 22.5. The second-order valence-electron chi connectivity index (χ2n) is 10.9. The van der Waals surface area contributed by atoms with Gasteiger partial charge in [0.05, 0.1) is 43.7 Å². The summed E-state index contributed by atoms with van der Waals surface area (Å²) in [6.07, 6.45) is 2.98. The number of ether oxygens (including phenoxy) is 1. The molecule has 42 heavy (non-hydrogen) atoms. The number of fused-ring (bicyclic) bond motifs is 2. The number of aromatic hydroxyl groups is 1. The van der Waals surface area contributed by atoms with Gasteiger partial charge in [0, 0.05) is 35.1 Å². The summed E-state index contributed by atoms with van der Waals surface area (Å²) in [4.78, 5) is 32.2. The fourth-order valence-electron chi connectivity index (χ4n) is 6.44. The molecule has 0 spiro atoms. The third-order valence-electron chi connectivity index (χ3n) is 8.62. The zero-order chi connectivity index (χ0) is 29.2. The number of quaternary nitrogens is 1. The van der Waals surface area contributed by atoms with Crippen LogP contribution in [0.1, 0.15) is 37.1 Å². The van der Waals surface area contributed by atoms with E-state index in [1.807, 2.05) is 18.2 Å². The van der Waals surface area contributed by atoms with Crippen LogP contribution in [-0.2, 0) is 22.7 Å². The van der Waals surface area contributed by atoms with Crippen LogP contribution in [0.2, 0.25) is 0 Å². The largest absolute Gasteiger partial charge is 0.503 e. The van der Waals surface area contributed by atoms with Gasteiger partial charge in [0.2, 0.25) is 5.91 Å². The first kappa shape index (κ1) is 26.1. The number of pyridine rings is 1. The lowest BCUT2D eigenvalue weighted by Crippen LogP contribution is -2.65. The highest BCUT2D eigenvalue weighted by Gasteiger charge is 2.44. The van der Waals surface area contributed by atoms with Gasteiger partial charge in [0.1, 0.15) is 31.0 Å². The van der Waals surface area contributed by atoms with Gasteiger partial charge >= 0.3 is 5.91 Å². The Kier molecular flexibility index (Phi) is 5.98. The first-order valence-electron chi connectivity index (χ1n) is 13.8. The van der Waals surface area contributed by atoms with Crippen LogP contribution in [0.15, 0.2) is 48.7 Å². The molecule has 8 rings (SSSR count). The summed E-state index contributed by atoms with van der Waals surface area (Å²) in [6, 6.07) is 11.9. The van der Waals surface area contributed by atoms with Crippen molar-refractivity contribution in [2.24, 2.45) is 0 Å². The van der Waals surface area contributed by atoms with Crippen molar-refractivity contribution in [3.8, 4) is 22.8 Å². The molecule has 1 fully saturated rings. The van der Waals surface area contributed by atoms with Gasteiger partial charge in [-0.05, 0) is 35.9 Å². The second kappa shape index (κ2) is 9.62. The maximum absolute atomic E-state index is 15.7. The van der Waals surface area contributed by atoms with E-state index in [4.69, 9.17) is 9.84 Å². The van der Waals surface area contributed by atoms with Crippen LogP contribution >= 0.6 is 0 Å². The van der Waals surface area contributed by atoms with Crippen molar-refractivity contribution < 1.29 is 23.8 Å². The molecular formula is C30H29FN7O4+. The molecule has 0 unspecified atom stereocenters. The van der Waals surface area contributed by atoms with Crippen LogP contribution in [0.4, 0.5) is 4.39 Å². The number of nitrogens with one attached hydrogen (secondary N) is 1. The fourth-order valence-corrected chi connectivity index (χ4v) is 6.44. The molecule has 6 heterocycles. The van der Waals surface area contributed by atoms with E-state index in [2.05, 4.69) is 15.4 Å². The highest BCUT2D eigenvalue weighted by Crippen LogP contribution is 2.42. The summed E-state index contributed by atoms with van der Waals surface area (Å²) >= 11 is 0. The quantitative estimate of drug-likeness (QED) is 0.310. The van der Waals surface area contributed by atoms with Crippen LogP contribution < -0.4 is 14.6 Å². The molecular weight excluding hydrogens is 541 g/mol. The van der Waals surface area contributed by atoms with Crippen LogP contribution in [0.25, 0.3) is 32.9 Å². The standard InChI is InChI=1S/C30H28FN7O4/c1-17(39)38-10-8-18(9-11-38)29-28-21(22-13-25-19(12-23(22)31)14-33-37(25)38)4-3-5-24(28)36(35-29)16-27(41)32-15-20-6-7-26(40)30(34-20)42-2/h3-7,12-14,18H,8-11,15-16H2,1-2H3,(H-,32,40,41)/p+1. The van der Waals surface area contributed by atoms with Crippen molar-refractivity contribution >= 4 is 33.6 Å². The number of nitrogens with zero attached hydrogens (tertiary/aromatic N) is 6. The van der Waals surface area contributed by atoms with Crippen molar-refractivity contribution in [3.05, 3.63) is 65.9 Å². The average Bonchev–Trinajstić information content (AvgIpc) is 3.57. The van der Waals surface area contributed by atoms with Gasteiger partial charge in [-0.1, -0.05) is 16.9 Å². The van der Waals surface area contributed by atoms with Crippen LogP contribution in [0, 0.1) is 5.82 Å². The molecule has 1 saturated heterocycles. The Labute approximate surface area is 239 Å². The van der Waals surface area contributed by atoms with E-state index >= 15 is 4.39 Å². The van der Waals surface area contributed by atoms with Crippen LogP contribution in [-0.4, -0.2) is 61.8 Å². The van der Waals surface area contributed by atoms with Gasteiger partial charge in [-0.25, -0.2) is 14.2 Å². The lowest BCUT2D eigenvalue weighted by molar-refractivity contribution is -0.137. The fraction of sp³-hybridized carbons (Fsp3) is 0.300. The highest BCUT2D eigenvalue weighted by molar-refractivity contribution is 6.00. The average molecular weight is 571 g/mol. The highest BCUT2D eigenvalue weighted by atomic mass is 19.1. The zero-order valence-corrected chi connectivity index (χ0v) is 23.2. The summed E-state index contributed by atoms with van der Waals surface area (Å²) in [5.41, 5.74) is 3.85. The van der Waals surface area contributed by atoms with Crippen molar-refractivity contribution in [1.29, 1.82) is 0 Å². The van der Waals surface area contributed by atoms with Gasteiger partial charge in [-0.15, -0.1) is 9.69 Å². The monoisotopic (exact) mass is 570 g/mol. The number of benzene rings is 2. The van der Waals surface area contributed by atoms with Crippen LogP contribution in [0.5, 0.6) is 11.6 Å². The molecule has 2 aromatic carbocycles. The number of halogens is 1. The Bertz CT molecular complexity index is 1910. The summed E-state index contributed by atoms with van der Waals surface area (Å²) in [5, 5.41) is 23.6. The van der Waals surface area contributed by atoms with E-state index in [9.17, 15) is 14.7 Å². The van der Waals surface area contributed by atoms with Gasteiger partial charge < -0.3 is 15.2 Å². The third kappa shape index (κ3) is 3.93. The summed E-state index contributed by atoms with van der Waals surface area (Å²) in [5.74, 6) is -0.672. The van der Waals surface area contributed by atoms with Crippen molar-refractivity contribution in [2.45, 2.75) is 38.8 Å². The Morgan fingerprint density at radius 1 is 1.14 bits per heavy atom. The first-order valence-corrected chi connectivity index (χ1v) is 13.8. The van der Waals surface area contributed by atoms with E-state index in [-0.39, 0.29) is 47.0 Å². The molecule has 2 N–H and O–H groups in total. The Balaban J connectivity index is 1.31. The molecule has 3 aromatic heterocycles. The number of methoxy groups -OCH3 is 1. The number of carbonyl (C=O) groups is 2. The molecule has 2 amide bonds. The van der Waals surface area contributed by atoms with Crippen molar-refractivity contribution in [3.63, 3.8) is 0 Å². The summed E-state index contributed by atoms with van der Waals surface area (Å²) in [7, 11) is 1.41. The van der Waals surface area contributed by atoms with Crippen molar-refractivity contribution in [2.75, 3.05) is 20.2 Å². The number of hydrogen-bond donors (Lipinski definition) is 2. The third-order valence-corrected chi connectivity index (χ3v) is 8.62. The predicted octanol–water partition coefficient (Wildman–Crippen LogP) is 3.49. The SMILES string of the molecule is COc1nc(CNC(=O)Cn2nc3c4c(cccc42)-c2cc4c(cnn4[N+]4(C(C)=O)CCC3CC4)cc2F)ccc1O. The van der Waals surface area contributed by atoms with E-state index in [0.29, 0.717) is 53.7 Å². The second-order valence-corrected chi connectivity index (χ2v) is 10.9. The van der Waals surface area contributed by atoms with E-state index in [1.165, 1.54) is 19.2 Å². The van der Waals surface area contributed by atoms with E-state index < -0.39 is 5.82 Å². The van der Waals surface area contributed by atoms with E-state index in [0.717, 1.165) is 16.6 Å². The molecule has 11 nitrogen and oxygen atoms in total. The minimum Gasteiger partial charge on any atom is -0.503 e. The molecule has 0 saturated carbocycles. The smallest absolute Gasteiger partial charge is 0.336 e. The number of piperidine rings is 1. The maximum atomic E-state index is 15.7. The summed E-state index contributed by atoms with van der Waals surface area (Å²) in [6.45, 7) is 2.73. The Hall–Kier alpha value is -4.84. The Morgan fingerprint density at radius 2 is 1.95 bits per heavy atom. The number of carbonyl (C=O) groups excluding carboxylic acids is 2. The number of rotatable bonds is 5. The molecule has 0 aliphatic carbocycles. The van der Waals surface area contributed by atoms with E-state index in [1.54, 1.807) is 34.7 Å². The minimum absolute atomic E-state index is 0.0165. The molecule has 214 valence electrons. The lowest BCUT2D eigenvalue weighted by atomic mass is 9.88. The minimum atomic E-state index is -0.390. The number of amides is 2. The van der Waals surface area contributed by atoms with Gasteiger partial charge in [0.15, 0.2) is 5.75 Å². The molecule has 3 aliphatic rings. The topological polar surface area (TPSA) is 124 Å². The van der Waals surface area contributed by atoms with Gasteiger partial charge in [-0.2, -0.15) is 5.10 Å². The Morgan fingerprint density at radius 3 is 2.71 bits per heavy atom. The van der Waals surface area contributed by atoms with Crippen LogP contribution in [0.3, 0.4) is 0 Å². The molecule has 0 radical (unpaired) electrons. The van der Waals surface area contributed by atoms with Crippen molar-refractivity contribution in [1.82, 2.24) is 34.6 Å². The lowest BCUT2D eigenvalue weighted by Gasteiger charge is -2.39. The number of hydrogen-bond acceptors (Lipinski definition) is 7. The van der Waals surface area contributed by atoms with Gasteiger partial charge in [0.25, 0.3) is 5.88 Å². The van der Waals surface area contributed by atoms with Gasteiger partial charge in [-0.3, -0.25) is 9.48 Å². The maximum Gasteiger partial charge on any atom is 0.336 e. The molecule has 3 aliphatic heterocycles. The number of aromatic nitrogens is 5. The molecule has 4 bridgehead atoms. The molecule has 0 atom stereocenters. The predicted molar refractivity (Wildman–Crippen MR) is 153 cm³/mol.